The first kappa shape index (κ1) is 21.3. The molecule has 0 saturated heterocycles. The highest BCUT2D eigenvalue weighted by molar-refractivity contribution is 5.93. The zero-order valence-corrected chi connectivity index (χ0v) is 17.2. The second-order valence-corrected chi connectivity index (χ2v) is 6.94. The SMILES string of the molecule is CCn1cc(CNC(=O)c2cc3nc(-c4ccc(OC)cc4)cc(C(F)(F)F)n3n2)cn1. The molecule has 3 aromatic heterocycles. The summed E-state index contributed by atoms with van der Waals surface area (Å²) in [5.74, 6) is -0.0440. The fraction of sp³-hybridized carbons (Fsp3) is 0.238. The maximum Gasteiger partial charge on any atom is 0.433 e. The number of nitrogens with one attached hydrogen (secondary N) is 1. The smallest absolute Gasteiger partial charge is 0.433 e. The van der Waals surface area contributed by atoms with Crippen LogP contribution in [0.4, 0.5) is 13.2 Å². The van der Waals surface area contributed by atoms with E-state index in [-0.39, 0.29) is 23.6 Å². The minimum atomic E-state index is -4.70. The van der Waals surface area contributed by atoms with E-state index >= 15 is 0 Å². The topological polar surface area (TPSA) is 86.3 Å². The highest BCUT2D eigenvalue weighted by Crippen LogP contribution is 2.32. The van der Waals surface area contributed by atoms with E-state index in [1.807, 2.05) is 6.92 Å². The number of aryl methyl sites for hydroxylation is 1. The summed E-state index contributed by atoms with van der Waals surface area (Å²) >= 11 is 0. The van der Waals surface area contributed by atoms with Crippen LogP contribution in [-0.2, 0) is 19.3 Å². The van der Waals surface area contributed by atoms with Gasteiger partial charge >= 0.3 is 6.18 Å². The number of halogens is 3. The summed E-state index contributed by atoms with van der Waals surface area (Å²) in [6.07, 6.45) is -1.32. The Morgan fingerprint density at radius 2 is 1.94 bits per heavy atom. The van der Waals surface area contributed by atoms with Gasteiger partial charge in [0.1, 0.15) is 5.75 Å². The fourth-order valence-electron chi connectivity index (χ4n) is 3.14. The van der Waals surface area contributed by atoms with E-state index in [0.29, 0.717) is 22.4 Å². The zero-order valence-electron chi connectivity index (χ0n) is 17.2. The van der Waals surface area contributed by atoms with Crippen LogP contribution in [-0.4, -0.2) is 37.4 Å². The highest BCUT2D eigenvalue weighted by atomic mass is 19.4. The quantitative estimate of drug-likeness (QED) is 0.491. The molecule has 0 aliphatic carbocycles. The normalized spacial score (nSPS) is 11.7. The van der Waals surface area contributed by atoms with Crippen LogP contribution < -0.4 is 10.1 Å². The molecule has 0 atom stereocenters. The van der Waals surface area contributed by atoms with Crippen molar-refractivity contribution in [1.29, 1.82) is 0 Å². The van der Waals surface area contributed by atoms with Gasteiger partial charge in [0.25, 0.3) is 5.91 Å². The van der Waals surface area contributed by atoms with E-state index in [2.05, 4.69) is 20.5 Å². The molecule has 0 saturated carbocycles. The van der Waals surface area contributed by atoms with E-state index in [1.165, 1.54) is 13.2 Å². The molecule has 32 heavy (non-hydrogen) atoms. The molecule has 0 aliphatic rings. The van der Waals surface area contributed by atoms with E-state index < -0.39 is 17.8 Å². The Balaban J connectivity index is 1.67. The lowest BCUT2D eigenvalue weighted by molar-refractivity contribution is -0.142. The average molecular weight is 444 g/mol. The first-order chi connectivity index (χ1) is 15.3. The summed E-state index contributed by atoms with van der Waals surface area (Å²) in [6, 6.07) is 8.61. The molecule has 3 heterocycles. The third-order valence-electron chi connectivity index (χ3n) is 4.80. The largest absolute Gasteiger partial charge is 0.497 e. The van der Waals surface area contributed by atoms with Crippen molar-refractivity contribution in [1.82, 2.24) is 29.7 Å². The number of aromatic nitrogens is 5. The van der Waals surface area contributed by atoms with Crippen molar-refractivity contribution in [3.05, 3.63) is 65.7 Å². The standard InChI is InChI=1S/C21H19F3N6O2/c1-3-29-12-13(11-26-29)10-25-20(31)17-9-19-27-16(14-4-6-15(32-2)7-5-14)8-18(21(22,23)24)30(19)28-17/h4-9,11-12H,3,10H2,1-2H3,(H,25,31). The number of nitrogens with zero attached hydrogens (tertiary/aromatic N) is 5. The second kappa shape index (κ2) is 8.33. The summed E-state index contributed by atoms with van der Waals surface area (Å²) < 4.78 is 48.6. The van der Waals surface area contributed by atoms with Gasteiger partial charge in [-0.05, 0) is 37.3 Å². The van der Waals surface area contributed by atoms with Gasteiger partial charge in [0.2, 0.25) is 0 Å². The number of rotatable bonds is 6. The maximum absolute atomic E-state index is 13.7. The molecule has 0 unspecified atom stereocenters. The van der Waals surface area contributed by atoms with E-state index in [0.717, 1.165) is 11.6 Å². The van der Waals surface area contributed by atoms with Crippen LogP contribution in [0.1, 0.15) is 28.7 Å². The highest BCUT2D eigenvalue weighted by Gasteiger charge is 2.35. The lowest BCUT2D eigenvalue weighted by Crippen LogP contribution is -2.23. The molecule has 0 aliphatic heterocycles. The molecule has 0 radical (unpaired) electrons. The predicted octanol–water partition coefficient (Wildman–Crippen LogP) is 3.57. The molecule has 0 bridgehead atoms. The van der Waals surface area contributed by atoms with Gasteiger partial charge in [-0.25, -0.2) is 9.50 Å². The monoisotopic (exact) mass is 444 g/mol. The Morgan fingerprint density at radius 3 is 2.56 bits per heavy atom. The van der Waals surface area contributed by atoms with Gasteiger partial charge in [-0.15, -0.1) is 0 Å². The maximum atomic E-state index is 13.7. The summed E-state index contributed by atoms with van der Waals surface area (Å²) in [4.78, 5) is 16.8. The first-order valence-electron chi connectivity index (χ1n) is 9.70. The van der Waals surface area contributed by atoms with E-state index in [9.17, 15) is 18.0 Å². The number of ether oxygens (including phenoxy) is 1. The molecule has 4 aromatic rings. The number of hydrogen-bond acceptors (Lipinski definition) is 5. The zero-order chi connectivity index (χ0) is 22.9. The van der Waals surface area contributed by atoms with Crippen LogP contribution in [0.2, 0.25) is 0 Å². The number of carbonyl (C=O) groups is 1. The van der Waals surface area contributed by atoms with Crippen molar-refractivity contribution in [3.8, 4) is 17.0 Å². The third-order valence-corrected chi connectivity index (χ3v) is 4.80. The van der Waals surface area contributed by atoms with Crippen LogP contribution in [0.5, 0.6) is 5.75 Å². The van der Waals surface area contributed by atoms with Gasteiger partial charge in [0.05, 0.1) is 19.0 Å². The van der Waals surface area contributed by atoms with E-state index in [4.69, 9.17) is 4.74 Å². The first-order valence-corrected chi connectivity index (χ1v) is 9.70. The number of benzene rings is 1. The van der Waals surface area contributed by atoms with Gasteiger partial charge in [-0.2, -0.15) is 23.4 Å². The fourth-order valence-corrected chi connectivity index (χ4v) is 3.14. The summed E-state index contributed by atoms with van der Waals surface area (Å²) in [5, 5.41) is 10.6. The lowest BCUT2D eigenvalue weighted by atomic mass is 10.1. The van der Waals surface area contributed by atoms with Crippen molar-refractivity contribution in [3.63, 3.8) is 0 Å². The average Bonchev–Trinajstić information content (AvgIpc) is 3.43. The van der Waals surface area contributed by atoms with Crippen molar-refractivity contribution >= 4 is 11.6 Å². The van der Waals surface area contributed by atoms with Crippen molar-refractivity contribution in [2.45, 2.75) is 26.2 Å². The number of methoxy groups -OCH3 is 1. The Morgan fingerprint density at radius 1 is 1.19 bits per heavy atom. The van der Waals surface area contributed by atoms with Gasteiger partial charge < -0.3 is 10.1 Å². The number of fused-ring (bicyclic) bond motifs is 1. The van der Waals surface area contributed by atoms with E-state index in [1.54, 1.807) is 41.3 Å². The van der Waals surface area contributed by atoms with Gasteiger partial charge in [-0.3, -0.25) is 9.48 Å². The van der Waals surface area contributed by atoms with Gasteiger partial charge in [0.15, 0.2) is 17.0 Å². The molecule has 166 valence electrons. The molecule has 8 nitrogen and oxygen atoms in total. The Labute approximate surface area is 180 Å². The molecule has 1 aromatic carbocycles. The number of alkyl halides is 3. The minimum Gasteiger partial charge on any atom is -0.497 e. The van der Waals surface area contributed by atoms with Crippen molar-refractivity contribution in [2.75, 3.05) is 7.11 Å². The van der Waals surface area contributed by atoms with Crippen molar-refractivity contribution < 1.29 is 22.7 Å². The van der Waals surface area contributed by atoms with Crippen LogP contribution in [0, 0.1) is 0 Å². The molecule has 0 fully saturated rings. The van der Waals surface area contributed by atoms with Gasteiger partial charge in [-0.1, -0.05) is 0 Å². The van der Waals surface area contributed by atoms with Crippen LogP contribution >= 0.6 is 0 Å². The summed E-state index contributed by atoms with van der Waals surface area (Å²) in [7, 11) is 1.50. The molecular weight excluding hydrogens is 425 g/mol. The molecule has 1 N–H and O–H groups in total. The molecule has 1 amide bonds. The molecular formula is C21H19F3N6O2. The number of amides is 1. The van der Waals surface area contributed by atoms with Crippen molar-refractivity contribution in [2.24, 2.45) is 0 Å². The Kier molecular flexibility index (Phi) is 5.56. The summed E-state index contributed by atoms with van der Waals surface area (Å²) in [5.41, 5.74) is 0.0501. The van der Waals surface area contributed by atoms with Crippen LogP contribution in [0.25, 0.3) is 16.9 Å². The van der Waals surface area contributed by atoms with Crippen LogP contribution in [0.15, 0.2) is 48.8 Å². The second-order valence-electron chi connectivity index (χ2n) is 6.94. The number of hydrogen-bond donors (Lipinski definition) is 1. The Hall–Kier alpha value is -3.89. The molecule has 11 heteroatoms. The molecule has 0 spiro atoms. The molecule has 4 rings (SSSR count). The summed E-state index contributed by atoms with van der Waals surface area (Å²) in [6.45, 7) is 2.78. The number of carbonyl (C=O) groups excluding carboxylic acids is 1. The van der Waals surface area contributed by atoms with Crippen LogP contribution in [0.3, 0.4) is 0 Å². The predicted molar refractivity (Wildman–Crippen MR) is 109 cm³/mol. The minimum absolute atomic E-state index is 0.0883. The third kappa shape index (κ3) is 4.27. The van der Waals surface area contributed by atoms with Gasteiger partial charge in [0, 0.05) is 36.5 Å². The lowest BCUT2D eigenvalue weighted by Gasteiger charge is -2.11. The Bertz CT molecular complexity index is 1260.